The number of aliphatic hydroxyl groups excluding tert-OH is 4. The van der Waals surface area contributed by atoms with Gasteiger partial charge in [0.15, 0.2) is 12.4 Å². The zero-order chi connectivity index (χ0) is 33.8. The molecule has 1 rings (SSSR count). The Bertz CT molecular complexity index is 774. The molecule has 1 saturated heterocycles. The lowest BCUT2D eigenvalue weighted by molar-refractivity contribution is -0.305. The van der Waals surface area contributed by atoms with Gasteiger partial charge in [-0.25, -0.2) is 0 Å². The van der Waals surface area contributed by atoms with E-state index in [0.29, 0.717) is 6.42 Å². The number of allylic oxidation sites excluding steroid dienone is 2. The van der Waals surface area contributed by atoms with E-state index in [2.05, 4.69) is 26.0 Å². The van der Waals surface area contributed by atoms with E-state index in [1.54, 1.807) is 0 Å². The van der Waals surface area contributed by atoms with Crippen LogP contribution in [0.5, 0.6) is 0 Å². The number of esters is 2. The molecule has 1 heterocycles. The Kier molecular flexibility index (Phi) is 26.3. The Hall–Kier alpha value is -1.56. The highest BCUT2D eigenvalue weighted by atomic mass is 16.7. The van der Waals surface area contributed by atoms with E-state index in [9.17, 15) is 30.0 Å². The molecule has 4 N–H and O–H groups in total. The monoisotopic (exact) mass is 658 g/mol. The lowest BCUT2D eigenvalue weighted by Gasteiger charge is -2.39. The van der Waals surface area contributed by atoms with Gasteiger partial charge in [-0.3, -0.25) is 9.59 Å². The normalized spacial score (nSPS) is 22.3. The number of unbranched alkanes of at least 4 members (excludes halogenated alkanes) is 16. The number of ether oxygens (including phenoxy) is 4. The second kappa shape index (κ2) is 28.5. The van der Waals surface area contributed by atoms with Crippen LogP contribution in [0.2, 0.25) is 0 Å². The fraction of sp³-hybridized carbons (Fsp3) is 0.889. The first-order valence-corrected chi connectivity index (χ1v) is 18.3. The van der Waals surface area contributed by atoms with Crippen LogP contribution < -0.4 is 0 Å². The largest absolute Gasteiger partial charge is 0.462 e. The van der Waals surface area contributed by atoms with E-state index in [1.165, 1.54) is 51.4 Å². The predicted octanol–water partition coefficient (Wildman–Crippen LogP) is 6.05. The molecule has 270 valence electrons. The van der Waals surface area contributed by atoms with Crippen molar-refractivity contribution >= 4 is 11.9 Å². The van der Waals surface area contributed by atoms with Crippen LogP contribution in [0.1, 0.15) is 149 Å². The maximum atomic E-state index is 12.6. The minimum atomic E-state index is -1.59. The van der Waals surface area contributed by atoms with Crippen LogP contribution >= 0.6 is 0 Å². The first-order chi connectivity index (χ1) is 22.3. The lowest BCUT2D eigenvalue weighted by atomic mass is 9.99. The van der Waals surface area contributed by atoms with Crippen LogP contribution in [0.3, 0.4) is 0 Å². The fourth-order valence-corrected chi connectivity index (χ4v) is 5.42. The third kappa shape index (κ3) is 20.6. The number of hydrogen-bond acceptors (Lipinski definition) is 10. The molecule has 0 spiro atoms. The Balaban J connectivity index is 2.43. The van der Waals surface area contributed by atoms with Crippen molar-refractivity contribution < 1.29 is 49.0 Å². The SMILES string of the molecule is CCC/C=C\CCCCCCCC(=O)OC(COC(=O)CCCCCCCCCCCCC)COC1OC(CO)C(O)C(O)C1O. The minimum absolute atomic E-state index is 0.217. The van der Waals surface area contributed by atoms with E-state index in [4.69, 9.17) is 18.9 Å². The van der Waals surface area contributed by atoms with Crippen molar-refractivity contribution in [3.8, 4) is 0 Å². The number of aliphatic hydroxyl groups is 4. The summed E-state index contributed by atoms with van der Waals surface area (Å²) in [5.74, 6) is -0.819. The Morgan fingerprint density at radius 1 is 0.652 bits per heavy atom. The molecule has 6 unspecified atom stereocenters. The third-order valence-electron chi connectivity index (χ3n) is 8.38. The van der Waals surface area contributed by atoms with Crippen molar-refractivity contribution in [3.63, 3.8) is 0 Å². The van der Waals surface area contributed by atoms with Crippen molar-refractivity contribution in [1.82, 2.24) is 0 Å². The number of carbonyl (C=O) groups is 2. The van der Waals surface area contributed by atoms with Gasteiger partial charge in [-0.1, -0.05) is 116 Å². The summed E-state index contributed by atoms with van der Waals surface area (Å²) in [5, 5.41) is 39.8. The van der Waals surface area contributed by atoms with E-state index < -0.39 is 49.4 Å². The molecule has 0 aliphatic carbocycles. The molecule has 1 aliphatic rings. The predicted molar refractivity (Wildman–Crippen MR) is 178 cm³/mol. The highest BCUT2D eigenvalue weighted by molar-refractivity contribution is 5.70. The number of carbonyl (C=O) groups excluding carboxylic acids is 2. The van der Waals surface area contributed by atoms with Gasteiger partial charge in [-0.15, -0.1) is 0 Å². The van der Waals surface area contributed by atoms with Crippen LogP contribution in [-0.2, 0) is 28.5 Å². The summed E-state index contributed by atoms with van der Waals surface area (Å²) in [4.78, 5) is 25.0. The van der Waals surface area contributed by atoms with Gasteiger partial charge in [0.05, 0.1) is 13.2 Å². The van der Waals surface area contributed by atoms with Gasteiger partial charge < -0.3 is 39.4 Å². The lowest BCUT2D eigenvalue weighted by Crippen LogP contribution is -2.59. The zero-order valence-electron chi connectivity index (χ0n) is 28.8. The molecule has 0 aromatic heterocycles. The topological polar surface area (TPSA) is 152 Å². The summed E-state index contributed by atoms with van der Waals surface area (Å²) in [6, 6.07) is 0. The summed E-state index contributed by atoms with van der Waals surface area (Å²) in [6.45, 7) is 3.31. The van der Waals surface area contributed by atoms with E-state index in [0.717, 1.165) is 64.2 Å². The summed E-state index contributed by atoms with van der Waals surface area (Å²) in [6.07, 6.45) is 18.1. The zero-order valence-corrected chi connectivity index (χ0v) is 28.8. The highest BCUT2D eigenvalue weighted by Gasteiger charge is 2.44. The van der Waals surface area contributed by atoms with Crippen LogP contribution in [-0.4, -0.2) is 89.0 Å². The van der Waals surface area contributed by atoms with Crippen molar-refractivity contribution in [3.05, 3.63) is 12.2 Å². The molecule has 0 bridgehead atoms. The molecule has 0 radical (unpaired) electrons. The van der Waals surface area contributed by atoms with Crippen molar-refractivity contribution in [2.24, 2.45) is 0 Å². The Morgan fingerprint density at radius 3 is 1.78 bits per heavy atom. The quantitative estimate of drug-likeness (QED) is 0.0425. The summed E-state index contributed by atoms with van der Waals surface area (Å²) in [7, 11) is 0. The van der Waals surface area contributed by atoms with Gasteiger partial charge in [0, 0.05) is 12.8 Å². The van der Waals surface area contributed by atoms with E-state index in [1.807, 2.05) is 0 Å². The molecular weight excluding hydrogens is 592 g/mol. The maximum absolute atomic E-state index is 12.6. The second-order valence-corrected chi connectivity index (χ2v) is 12.7. The van der Waals surface area contributed by atoms with Crippen LogP contribution in [0.4, 0.5) is 0 Å². The first-order valence-electron chi connectivity index (χ1n) is 18.3. The molecule has 46 heavy (non-hydrogen) atoms. The molecule has 10 heteroatoms. The van der Waals surface area contributed by atoms with Gasteiger partial charge in [0.2, 0.25) is 0 Å². The average molecular weight is 659 g/mol. The Morgan fingerprint density at radius 2 is 1.20 bits per heavy atom. The fourth-order valence-electron chi connectivity index (χ4n) is 5.42. The van der Waals surface area contributed by atoms with E-state index >= 15 is 0 Å². The van der Waals surface area contributed by atoms with Gasteiger partial charge in [0.1, 0.15) is 31.0 Å². The van der Waals surface area contributed by atoms with Crippen molar-refractivity contribution in [2.75, 3.05) is 19.8 Å². The first kappa shape index (κ1) is 42.5. The van der Waals surface area contributed by atoms with Gasteiger partial charge >= 0.3 is 11.9 Å². The molecule has 0 saturated carbocycles. The highest BCUT2D eigenvalue weighted by Crippen LogP contribution is 2.22. The molecule has 6 atom stereocenters. The van der Waals surface area contributed by atoms with Gasteiger partial charge in [0.25, 0.3) is 0 Å². The molecule has 0 amide bonds. The standard InChI is InChI=1S/C36H66O10/c1-3-5-7-9-11-13-15-17-18-20-22-24-31(38)43-27-29(28-44-36-35(42)34(41)33(40)30(26-37)46-36)45-32(39)25-23-21-19-16-14-12-10-8-6-4-2/h8,10,29-30,33-37,40-42H,3-7,9,11-28H2,1-2H3/b10-8-. The van der Waals surface area contributed by atoms with Crippen molar-refractivity contribution in [1.29, 1.82) is 0 Å². The molecule has 1 fully saturated rings. The number of rotatable bonds is 29. The maximum Gasteiger partial charge on any atom is 0.306 e. The van der Waals surface area contributed by atoms with Gasteiger partial charge in [-0.2, -0.15) is 0 Å². The molecule has 0 aromatic rings. The van der Waals surface area contributed by atoms with Gasteiger partial charge in [-0.05, 0) is 32.1 Å². The number of hydrogen-bond donors (Lipinski definition) is 4. The average Bonchev–Trinajstić information content (AvgIpc) is 3.05. The third-order valence-corrected chi connectivity index (χ3v) is 8.38. The summed E-state index contributed by atoms with van der Waals surface area (Å²) >= 11 is 0. The summed E-state index contributed by atoms with van der Waals surface area (Å²) < 4.78 is 22.0. The van der Waals surface area contributed by atoms with Crippen LogP contribution in [0, 0.1) is 0 Å². The van der Waals surface area contributed by atoms with Crippen molar-refractivity contribution in [2.45, 2.75) is 185 Å². The second-order valence-electron chi connectivity index (χ2n) is 12.7. The van der Waals surface area contributed by atoms with E-state index in [-0.39, 0.29) is 32.0 Å². The van der Waals surface area contributed by atoms with Crippen LogP contribution in [0.15, 0.2) is 12.2 Å². The smallest absolute Gasteiger partial charge is 0.306 e. The van der Waals surface area contributed by atoms with Crippen LogP contribution in [0.25, 0.3) is 0 Å². The minimum Gasteiger partial charge on any atom is -0.462 e. The molecule has 10 nitrogen and oxygen atoms in total. The molecular formula is C36H66O10. The Labute approximate surface area is 278 Å². The molecule has 0 aromatic carbocycles. The molecule has 1 aliphatic heterocycles. The summed E-state index contributed by atoms with van der Waals surface area (Å²) in [5.41, 5.74) is 0.